The summed E-state index contributed by atoms with van der Waals surface area (Å²) in [5.41, 5.74) is 0.592. The highest BCUT2D eigenvalue weighted by atomic mass is 15.0. The van der Waals surface area contributed by atoms with Gasteiger partial charge in [-0.2, -0.15) is 0 Å². The summed E-state index contributed by atoms with van der Waals surface area (Å²) >= 11 is 0. The van der Waals surface area contributed by atoms with Gasteiger partial charge in [-0.1, -0.05) is 65.7 Å². The molecule has 0 radical (unpaired) electrons. The van der Waals surface area contributed by atoms with Crippen LogP contribution in [0.2, 0.25) is 0 Å². The van der Waals surface area contributed by atoms with Crippen molar-refractivity contribution in [3.8, 4) is 0 Å². The van der Waals surface area contributed by atoms with Crippen molar-refractivity contribution in [2.75, 3.05) is 0 Å². The number of nitrogens with one attached hydrogen (secondary N) is 1. The van der Waals surface area contributed by atoms with E-state index >= 15 is 0 Å². The molecule has 0 fully saturated rings. The molecule has 1 N–H and O–H groups in total. The van der Waals surface area contributed by atoms with Gasteiger partial charge in [0.2, 0.25) is 0 Å². The zero-order valence-electron chi connectivity index (χ0n) is 14.6. The maximum atomic E-state index is 3.88. The highest BCUT2D eigenvalue weighted by molar-refractivity contribution is 4.90. The van der Waals surface area contributed by atoms with Gasteiger partial charge in [-0.25, -0.2) is 0 Å². The predicted octanol–water partition coefficient (Wildman–Crippen LogP) is 6.07. The van der Waals surface area contributed by atoms with Gasteiger partial charge in [0.25, 0.3) is 0 Å². The van der Waals surface area contributed by atoms with E-state index in [1.54, 1.807) is 0 Å². The van der Waals surface area contributed by atoms with Crippen LogP contribution in [0.1, 0.15) is 106 Å². The molecule has 0 aromatic carbocycles. The molecule has 1 heteroatoms. The van der Waals surface area contributed by atoms with Crippen LogP contribution in [0.4, 0.5) is 0 Å². The first-order chi connectivity index (χ1) is 8.89. The monoisotopic (exact) mass is 269 g/mol. The maximum Gasteiger partial charge on any atom is 0.0181 e. The SMILES string of the molecule is CCCCCCCCCC(CC)(CC)NC(C)(C)C. The van der Waals surface area contributed by atoms with E-state index in [1.165, 1.54) is 64.2 Å². The lowest BCUT2D eigenvalue weighted by Crippen LogP contribution is -2.53. The van der Waals surface area contributed by atoms with E-state index in [0.29, 0.717) is 5.54 Å². The molecule has 0 aromatic rings. The number of rotatable bonds is 11. The summed E-state index contributed by atoms with van der Waals surface area (Å²) in [5.74, 6) is 0. The van der Waals surface area contributed by atoms with Crippen molar-refractivity contribution in [2.45, 2.75) is 117 Å². The fourth-order valence-electron chi connectivity index (χ4n) is 3.06. The number of unbranched alkanes of at least 4 members (excludes halogenated alkanes) is 6. The van der Waals surface area contributed by atoms with Crippen LogP contribution in [-0.2, 0) is 0 Å². The van der Waals surface area contributed by atoms with Crippen molar-refractivity contribution >= 4 is 0 Å². The van der Waals surface area contributed by atoms with Crippen LogP contribution in [0.3, 0.4) is 0 Å². The topological polar surface area (TPSA) is 12.0 Å². The predicted molar refractivity (Wildman–Crippen MR) is 88.8 cm³/mol. The van der Waals surface area contributed by atoms with Crippen molar-refractivity contribution in [1.29, 1.82) is 0 Å². The molecule has 116 valence electrons. The third-order valence-corrected chi connectivity index (χ3v) is 4.25. The Morgan fingerprint density at radius 1 is 0.684 bits per heavy atom. The van der Waals surface area contributed by atoms with Crippen LogP contribution in [0.5, 0.6) is 0 Å². The van der Waals surface area contributed by atoms with Crippen molar-refractivity contribution in [2.24, 2.45) is 0 Å². The van der Waals surface area contributed by atoms with Gasteiger partial charge < -0.3 is 5.32 Å². The molecule has 0 unspecified atom stereocenters. The van der Waals surface area contributed by atoms with Crippen LogP contribution in [0.15, 0.2) is 0 Å². The molecule has 0 amide bonds. The fraction of sp³-hybridized carbons (Fsp3) is 1.00. The molecule has 0 aliphatic rings. The number of hydrogen-bond acceptors (Lipinski definition) is 1. The molecular formula is C18H39N. The molecule has 0 heterocycles. The molecule has 0 saturated heterocycles. The summed E-state index contributed by atoms with van der Waals surface area (Å²) in [7, 11) is 0. The Balaban J connectivity index is 3.94. The molecule has 0 aromatic heterocycles. The smallest absolute Gasteiger partial charge is 0.0181 e. The first-order valence-electron chi connectivity index (χ1n) is 8.68. The molecule has 0 spiro atoms. The second kappa shape index (κ2) is 9.80. The van der Waals surface area contributed by atoms with Crippen molar-refractivity contribution in [1.82, 2.24) is 5.32 Å². The van der Waals surface area contributed by atoms with E-state index in [4.69, 9.17) is 0 Å². The maximum absolute atomic E-state index is 3.88. The average Bonchev–Trinajstić information content (AvgIpc) is 2.35. The summed E-state index contributed by atoms with van der Waals surface area (Å²) in [6.07, 6.45) is 13.7. The van der Waals surface area contributed by atoms with Crippen LogP contribution in [0.25, 0.3) is 0 Å². The first-order valence-corrected chi connectivity index (χ1v) is 8.68. The summed E-state index contributed by atoms with van der Waals surface area (Å²) in [6.45, 7) is 13.8. The van der Waals surface area contributed by atoms with Crippen molar-refractivity contribution in [3.63, 3.8) is 0 Å². The molecule has 0 bridgehead atoms. The van der Waals surface area contributed by atoms with Gasteiger partial charge >= 0.3 is 0 Å². The van der Waals surface area contributed by atoms with Crippen molar-refractivity contribution < 1.29 is 0 Å². The zero-order chi connectivity index (χ0) is 14.8. The van der Waals surface area contributed by atoms with Gasteiger partial charge in [0.15, 0.2) is 0 Å². The summed E-state index contributed by atoms with van der Waals surface area (Å²) < 4.78 is 0. The normalized spacial score (nSPS) is 12.9. The quantitative estimate of drug-likeness (QED) is 0.449. The fourth-order valence-corrected chi connectivity index (χ4v) is 3.06. The average molecular weight is 270 g/mol. The van der Waals surface area contributed by atoms with Gasteiger partial charge in [0.05, 0.1) is 0 Å². The molecular weight excluding hydrogens is 230 g/mol. The molecule has 19 heavy (non-hydrogen) atoms. The molecule has 0 atom stereocenters. The van der Waals surface area contributed by atoms with E-state index in [0.717, 1.165) is 0 Å². The summed E-state index contributed by atoms with van der Waals surface area (Å²) in [4.78, 5) is 0. The second-order valence-corrected chi connectivity index (χ2v) is 7.23. The van der Waals surface area contributed by atoms with Gasteiger partial charge in [-0.3, -0.25) is 0 Å². The van der Waals surface area contributed by atoms with E-state index < -0.39 is 0 Å². The highest BCUT2D eigenvalue weighted by Crippen LogP contribution is 2.26. The zero-order valence-corrected chi connectivity index (χ0v) is 14.6. The molecule has 1 nitrogen and oxygen atoms in total. The Labute approximate surface area is 122 Å². The van der Waals surface area contributed by atoms with Crippen LogP contribution in [-0.4, -0.2) is 11.1 Å². The van der Waals surface area contributed by atoms with Gasteiger partial charge in [-0.05, 0) is 40.0 Å². The summed E-state index contributed by atoms with van der Waals surface area (Å²) in [5, 5.41) is 3.88. The van der Waals surface area contributed by atoms with Crippen LogP contribution >= 0.6 is 0 Å². The van der Waals surface area contributed by atoms with Gasteiger partial charge in [0, 0.05) is 11.1 Å². The molecule has 0 rings (SSSR count). The lowest BCUT2D eigenvalue weighted by atomic mass is 9.84. The highest BCUT2D eigenvalue weighted by Gasteiger charge is 2.29. The molecule has 0 aliphatic carbocycles. The van der Waals surface area contributed by atoms with Gasteiger partial charge in [-0.15, -0.1) is 0 Å². The Hall–Kier alpha value is -0.0400. The Kier molecular flexibility index (Phi) is 9.78. The Bertz CT molecular complexity index is 198. The van der Waals surface area contributed by atoms with Crippen LogP contribution in [0, 0.1) is 0 Å². The van der Waals surface area contributed by atoms with E-state index in [9.17, 15) is 0 Å². The van der Waals surface area contributed by atoms with E-state index in [2.05, 4.69) is 46.9 Å². The van der Waals surface area contributed by atoms with E-state index in [-0.39, 0.29) is 5.54 Å². The largest absolute Gasteiger partial charge is 0.307 e. The first kappa shape index (κ1) is 19.0. The standard InChI is InChI=1S/C18H39N/c1-7-10-11-12-13-14-15-16-18(8-2,9-3)19-17(4,5)6/h19H,7-16H2,1-6H3. The minimum absolute atomic E-state index is 0.229. The van der Waals surface area contributed by atoms with Crippen LogP contribution < -0.4 is 5.32 Å². The second-order valence-electron chi connectivity index (χ2n) is 7.23. The van der Waals surface area contributed by atoms with Crippen molar-refractivity contribution in [3.05, 3.63) is 0 Å². The van der Waals surface area contributed by atoms with Gasteiger partial charge in [0.1, 0.15) is 0 Å². The third-order valence-electron chi connectivity index (χ3n) is 4.25. The Morgan fingerprint density at radius 2 is 1.16 bits per heavy atom. The third kappa shape index (κ3) is 9.49. The number of hydrogen-bond donors (Lipinski definition) is 1. The lowest BCUT2D eigenvalue weighted by Gasteiger charge is -2.40. The summed E-state index contributed by atoms with van der Waals surface area (Å²) in [6, 6.07) is 0. The van der Waals surface area contributed by atoms with E-state index in [1.807, 2.05) is 0 Å². The minimum atomic E-state index is 0.229. The minimum Gasteiger partial charge on any atom is -0.307 e. The lowest BCUT2D eigenvalue weighted by molar-refractivity contribution is 0.206. The molecule has 0 saturated carbocycles. The Morgan fingerprint density at radius 3 is 1.58 bits per heavy atom. The molecule has 0 aliphatic heterocycles.